The lowest BCUT2D eigenvalue weighted by atomic mass is 9.95. The fraction of sp³-hybridized carbons (Fsp3) is 0.375. The van der Waals surface area contributed by atoms with Crippen molar-refractivity contribution in [3.63, 3.8) is 0 Å². The lowest BCUT2D eigenvalue weighted by Gasteiger charge is -2.31. The minimum atomic E-state index is -0.436. The van der Waals surface area contributed by atoms with Crippen LogP contribution in [-0.2, 0) is 4.79 Å². The van der Waals surface area contributed by atoms with E-state index in [1.54, 1.807) is 0 Å². The summed E-state index contributed by atoms with van der Waals surface area (Å²) in [6, 6.07) is 14.5. The predicted molar refractivity (Wildman–Crippen MR) is 119 cm³/mol. The van der Waals surface area contributed by atoms with E-state index in [9.17, 15) is 10.1 Å². The number of amides is 1. The maximum absolute atomic E-state index is 12.2. The molecule has 4 rings (SSSR count). The quantitative estimate of drug-likeness (QED) is 0.689. The van der Waals surface area contributed by atoms with Crippen LogP contribution in [0.3, 0.4) is 0 Å². The second-order valence-electron chi connectivity index (χ2n) is 8.92. The average Bonchev–Trinajstić information content (AvgIpc) is 3.18. The van der Waals surface area contributed by atoms with Crippen LogP contribution in [0.5, 0.6) is 0 Å². The standard InChI is InChI=1S/C24H27N5O/c1-24(2,3)23(30)27-19-8-6-18(7-9-19)20-16-26-29-12-4-5-21(22(20)29)28-13-10-17(15-25)11-14-28/h4-9,12,16-17H,10-11,13-14H2,1-3H3,(H,27,30). The Morgan fingerprint density at radius 3 is 2.50 bits per heavy atom. The minimum Gasteiger partial charge on any atom is -0.370 e. The van der Waals surface area contributed by atoms with Gasteiger partial charge in [-0.1, -0.05) is 32.9 Å². The fourth-order valence-corrected chi connectivity index (χ4v) is 3.79. The first kappa shape index (κ1) is 20.0. The van der Waals surface area contributed by atoms with Crippen LogP contribution in [0.4, 0.5) is 11.4 Å². The van der Waals surface area contributed by atoms with Gasteiger partial charge >= 0.3 is 0 Å². The van der Waals surface area contributed by atoms with Gasteiger partial charge < -0.3 is 10.2 Å². The summed E-state index contributed by atoms with van der Waals surface area (Å²) in [6.45, 7) is 7.45. The molecular formula is C24H27N5O. The molecule has 3 aromatic rings. The Morgan fingerprint density at radius 1 is 1.17 bits per heavy atom. The van der Waals surface area contributed by atoms with Crippen molar-refractivity contribution < 1.29 is 4.79 Å². The van der Waals surface area contributed by atoms with Gasteiger partial charge in [-0.3, -0.25) is 4.79 Å². The number of fused-ring (bicyclic) bond motifs is 1. The molecule has 6 nitrogen and oxygen atoms in total. The number of benzene rings is 1. The maximum Gasteiger partial charge on any atom is 0.229 e. The maximum atomic E-state index is 12.2. The highest BCUT2D eigenvalue weighted by atomic mass is 16.2. The SMILES string of the molecule is CC(C)(C)C(=O)Nc1ccc(-c2cnn3cccc(N4CCC(C#N)CC4)c23)cc1. The smallest absolute Gasteiger partial charge is 0.229 e. The number of nitrogens with zero attached hydrogens (tertiary/aromatic N) is 4. The van der Waals surface area contributed by atoms with Crippen molar-refractivity contribution in [1.29, 1.82) is 5.26 Å². The van der Waals surface area contributed by atoms with Crippen LogP contribution in [0.25, 0.3) is 16.6 Å². The first-order valence-electron chi connectivity index (χ1n) is 10.4. The van der Waals surface area contributed by atoms with Gasteiger partial charge in [-0.25, -0.2) is 4.52 Å². The molecule has 0 spiro atoms. The molecule has 1 fully saturated rings. The van der Waals surface area contributed by atoms with E-state index in [2.05, 4.69) is 27.5 Å². The Labute approximate surface area is 177 Å². The summed E-state index contributed by atoms with van der Waals surface area (Å²) in [6.07, 6.45) is 5.64. The van der Waals surface area contributed by atoms with Gasteiger partial charge in [0.2, 0.25) is 5.91 Å². The molecule has 2 aromatic heterocycles. The number of pyridine rings is 1. The number of hydrogen-bond acceptors (Lipinski definition) is 4. The summed E-state index contributed by atoms with van der Waals surface area (Å²) >= 11 is 0. The van der Waals surface area contributed by atoms with Gasteiger partial charge in [-0.05, 0) is 42.7 Å². The molecular weight excluding hydrogens is 374 g/mol. The third-order valence-electron chi connectivity index (χ3n) is 5.67. The van der Waals surface area contributed by atoms with Crippen molar-refractivity contribution in [2.45, 2.75) is 33.6 Å². The first-order chi connectivity index (χ1) is 14.4. The molecule has 1 aliphatic heterocycles. The molecule has 1 N–H and O–H groups in total. The molecule has 0 atom stereocenters. The molecule has 30 heavy (non-hydrogen) atoms. The average molecular weight is 402 g/mol. The summed E-state index contributed by atoms with van der Waals surface area (Å²) in [5, 5.41) is 16.7. The van der Waals surface area contributed by atoms with E-state index >= 15 is 0 Å². The van der Waals surface area contributed by atoms with Crippen LogP contribution in [0, 0.1) is 22.7 Å². The minimum absolute atomic E-state index is 0.00529. The second-order valence-corrected chi connectivity index (χ2v) is 8.92. The molecule has 0 bridgehead atoms. The zero-order valence-corrected chi connectivity index (χ0v) is 17.7. The topological polar surface area (TPSA) is 73.4 Å². The Hall–Kier alpha value is -3.33. The monoisotopic (exact) mass is 401 g/mol. The molecule has 0 saturated carbocycles. The molecule has 154 valence electrons. The highest BCUT2D eigenvalue weighted by Crippen LogP contribution is 2.34. The lowest BCUT2D eigenvalue weighted by Crippen LogP contribution is -2.33. The van der Waals surface area contributed by atoms with E-state index in [1.165, 1.54) is 0 Å². The van der Waals surface area contributed by atoms with Gasteiger partial charge in [0.25, 0.3) is 0 Å². The van der Waals surface area contributed by atoms with Crippen LogP contribution in [0.2, 0.25) is 0 Å². The lowest BCUT2D eigenvalue weighted by molar-refractivity contribution is -0.123. The Balaban J connectivity index is 1.64. The van der Waals surface area contributed by atoms with Crippen LogP contribution < -0.4 is 10.2 Å². The van der Waals surface area contributed by atoms with Gasteiger partial charge in [0.15, 0.2) is 0 Å². The zero-order chi connectivity index (χ0) is 21.3. The molecule has 1 saturated heterocycles. The number of anilines is 2. The van der Waals surface area contributed by atoms with E-state index in [4.69, 9.17) is 0 Å². The van der Waals surface area contributed by atoms with E-state index in [0.29, 0.717) is 0 Å². The number of aromatic nitrogens is 2. The third-order valence-corrected chi connectivity index (χ3v) is 5.67. The van der Waals surface area contributed by atoms with Crippen molar-refractivity contribution >= 4 is 22.8 Å². The van der Waals surface area contributed by atoms with Crippen LogP contribution in [0.15, 0.2) is 48.8 Å². The van der Waals surface area contributed by atoms with Gasteiger partial charge in [0.1, 0.15) is 0 Å². The number of nitriles is 1. The molecule has 6 heteroatoms. The number of hydrogen-bond donors (Lipinski definition) is 1. The second kappa shape index (κ2) is 7.83. The van der Waals surface area contributed by atoms with Gasteiger partial charge in [0, 0.05) is 41.9 Å². The van der Waals surface area contributed by atoms with Crippen LogP contribution >= 0.6 is 0 Å². The van der Waals surface area contributed by atoms with Crippen molar-refractivity contribution in [2.24, 2.45) is 11.3 Å². The van der Waals surface area contributed by atoms with Crippen LogP contribution in [-0.4, -0.2) is 28.6 Å². The number of piperidine rings is 1. The summed E-state index contributed by atoms with van der Waals surface area (Å²) in [7, 11) is 0. The molecule has 1 amide bonds. The molecule has 1 aromatic carbocycles. The van der Waals surface area contributed by atoms with Crippen LogP contribution in [0.1, 0.15) is 33.6 Å². The van der Waals surface area contributed by atoms with Crippen molar-refractivity contribution in [3.8, 4) is 17.2 Å². The predicted octanol–water partition coefficient (Wildman–Crippen LogP) is 4.73. The first-order valence-corrected chi connectivity index (χ1v) is 10.4. The highest BCUT2D eigenvalue weighted by Gasteiger charge is 2.23. The van der Waals surface area contributed by atoms with Crippen molar-refractivity contribution in [1.82, 2.24) is 9.61 Å². The molecule has 0 radical (unpaired) electrons. The van der Waals surface area contributed by atoms with Crippen molar-refractivity contribution in [2.75, 3.05) is 23.3 Å². The van der Waals surface area contributed by atoms with E-state index in [1.807, 2.05) is 68.0 Å². The van der Waals surface area contributed by atoms with E-state index in [0.717, 1.165) is 53.9 Å². The highest BCUT2D eigenvalue weighted by molar-refractivity contribution is 5.95. The summed E-state index contributed by atoms with van der Waals surface area (Å²) < 4.78 is 1.91. The van der Waals surface area contributed by atoms with E-state index in [-0.39, 0.29) is 11.8 Å². The van der Waals surface area contributed by atoms with Crippen molar-refractivity contribution in [3.05, 3.63) is 48.8 Å². The summed E-state index contributed by atoms with van der Waals surface area (Å²) in [5.41, 5.74) is 4.68. The molecule has 0 unspecified atom stereocenters. The number of carbonyl (C=O) groups excluding carboxylic acids is 1. The van der Waals surface area contributed by atoms with Gasteiger partial charge in [-0.2, -0.15) is 10.4 Å². The summed E-state index contributed by atoms with van der Waals surface area (Å²) in [4.78, 5) is 14.6. The van der Waals surface area contributed by atoms with Gasteiger partial charge in [-0.15, -0.1) is 0 Å². The van der Waals surface area contributed by atoms with E-state index < -0.39 is 5.41 Å². The number of nitrogens with one attached hydrogen (secondary N) is 1. The van der Waals surface area contributed by atoms with Gasteiger partial charge in [0.05, 0.1) is 23.5 Å². The Bertz CT molecular complexity index is 1090. The largest absolute Gasteiger partial charge is 0.370 e. The number of rotatable bonds is 3. The third kappa shape index (κ3) is 3.88. The zero-order valence-electron chi connectivity index (χ0n) is 17.7. The Kier molecular flexibility index (Phi) is 5.21. The fourth-order valence-electron chi connectivity index (χ4n) is 3.79. The molecule has 3 heterocycles. The number of carbonyl (C=O) groups is 1. The molecule has 0 aliphatic carbocycles. The normalized spacial score (nSPS) is 15.2. The molecule has 1 aliphatic rings. The summed E-state index contributed by atoms with van der Waals surface area (Å²) in [5.74, 6) is 0.149. The Morgan fingerprint density at radius 2 is 1.87 bits per heavy atom.